The lowest BCUT2D eigenvalue weighted by atomic mass is 9.84. The molecule has 0 aliphatic heterocycles. The third kappa shape index (κ3) is 8.28. The maximum Gasteiger partial charge on any atom is 0.212 e. The number of aliphatic hydroxyl groups is 2. The molecule has 0 spiro atoms. The summed E-state index contributed by atoms with van der Waals surface area (Å²) in [5, 5.41) is 19.4. The lowest BCUT2D eigenvalue weighted by molar-refractivity contribution is -0.177. The number of hydrogen-bond donors (Lipinski definition) is 2. The van der Waals surface area contributed by atoms with Gasteiger partial charge in [-0.2, -0.15) is 0 Å². The molecule has 0 aliphatic rings. The van der Waals surface area contributed by atoms with Crippen LogP contribution in [0.2, 0.25) is 0 Å². The zero-order valence-corrected chi connectivity index (χ0v) is 17.1. The van der Waals surface area contributed by atoms with Crippen LogP contribution < -0.4 is 0 Å². The average molecular weight is 373 g/mol. The van der Waals surface area contributed by atoms with E-state index in [1.54, 1.807) is 13.8 Å². The van der Waals surface area contributed by atoms with Crippen LogP contribution in [0.25, 0.3) is 0 Å². The second-order valence-corrected chi connectivity index (χ2v) is 7.02. The summed E-state index contributed by atoms with van der Waals surface area (Å²) < 4.78 is 5.65. The molecule has 5 nitrogen and oxygen atoms in total. The fourth-order valence-electron chi connectivity index (χ4n) is 3.26. The summed E-state index contributed by atoms with van der Waals surface area (Å²) in [7, 11) is 0. The third-order valence-corrected chi connectivity index (χ3v) is 4.94. The van der Waals surface area contributed by atoms with E-state index >= 15 is 0 Å². The molecule has 0 amide bonds. The molecule has 0 aromatic rings. The summed E-state index contributed by atoms with van der Waals surface area (Å²) in [5.74, 6) is -0.920. The van der Waals surface area contributed by atoms with Crippen molar-refractivity contribution in [3.63, 3.8) is 0 Å². The van der Waals surface area contributed by atoms with Crippen molar-refractivity contribution in [1.82, 2.24) is 0 Å². The number of ether oxygens (including phenoxy) is 1. The van der Waals surface area contributed by atoms with Gasteiger partial charge in [0.25, 0.3) is 0 Å². The molecule has 0 rings (SSSR count). The maximum atomic E-state index is 12.3. The number of aliphatic hydroxyl groups excluding tert-OH is 2. The van der Waals surface area contributed by atoms with Crippen molar-refractivity contribution in [2.24, 2.45) is 0 Å². The minimum atomic E-state index is -1.91. The summed E-state index contributed by atoms with van der Waals surface area (Å²) in [5.41, 5.74) is -1.91. The van der Waals surface area contributed by atoms with Gasteiger partial charge in [-0.25, -0.2) is 0 Å². The molecule has 2 N–H and O–H groups in total. The van der Waals surface area contributed by atoms with E-state index in [0.29, 0.717) is 0 Å². The number of ketones is 2. The Bertz CT molecular complexity index is 365. The van der Waals surface area contributed by atoms with E-state index < -0.39 is 29.9 Å². The molecule has 1 unspecified atom stereocenters. The van der Waals surface area contributed by atoms with Crippen molar-refractivity contribution in [1.29, 1.82) is 0 Å². The SMILES string of the molecule is CCCCCCCCCCCCOC(C(=O)CC)(C(=O)CC)C(O)CO. The van der Waals surface area contributed by atoms with E-state index in [-0.39, 0.29) is 19.4 Å². The molecule has 5 heteroatoms. The van der Waals surface area contributed by atoms with Crippen molar-refractivity contribution in [3.8, 4) is 0 Å². The number of carbonyl (C=O) groups excluding carboxylic acids is 2. The van der Waals surface area contributed by atoms with E-state index in [0.717, 1.165) is 19.3 Å². The van der Waals surface area contributed by atoms with Crippen LogP contribution in [0, 0.1) is 0 Å². The molecule has 0 aliphatic carbocycles. The fourth-order valence-corrected chi connectivity index (χ4v) is 3.26. The lowest BCUT2D eigenvalue weighted by Gasteiger charge is -2.34. The van der Waals surface area contributed by atoms with Crippen LogP contribution in [-0.2, 0) is 14.3 Å². The molecule has 0 radical (unpaired) electrons. The predicted octanol–water partition coefficient (Wildman–Crippen LogP) is 3.97. The molecule has 0 saturated carbocycles. The number of hydrogen-bond acceptors (Lipinski definition) is 5. The van der Waals surface area contributed by atoms with Crippen LogP contribution in [0.3, 0.4) is 0 Å². The summed E-state index contributed by atoms with van der Waals surface area (Å²) >= 11 is 0. The highest BCUT2D eigenvalue weighted by Gasteiger charge is 2.50. The zero-order chi connectivity index (χ0) is 19.8. The molecule has 154 valence electrons. The smallest absolute Gasteiger partial charge is 0.212 e. The molecular weight excluding hydrogens is 332 g/mol. The highest BCUT2D eigenvalue weighted by atomic mass is 16.5. The Balaban J connectivity index is 4.26. The van der Waals surface area contributed by atoms with Gasteiger partial charge in [0.2, 0.25) is 5.60 Å². The molecule has 0 bridgehead atoms. The highest BCUT2D eigenvalue weighted by molar-refractivity contribution is 6.11. The molecule has 26 heavy (non-hydrogen) atoms. The topological polar surface area (TPSA) is 83.8 Å². The maximum absolute atomic E-state index is 12.3. The highest BCUT2D eigenvalue weighted by Crippen LogP contribution is 2.24. The van der Waals surface area contributed by atoms with Gasteiger partial charge in [-0.05, 0) is 6.42 Å². The van der Waals surface area contributed by atoms with Gasteiger partial charge >= 0.3 is 0 Å². The first-order chi connectivity index (χ1) is 12.5. The van der Waals surface area contributed by atoms with E-state index in [2.05, 4.69) is 6.92 Å². The lowest BCUT2D eigenvalue weighted by Crippen LogP contribution is -2.59. The number of Topliss-reactive ketones (excluding diaryl/α,β-unsaturated/α-hetero) is 2. The minimum Gasteiger partial charge on any atom is -0.394 e. The van der Waals surface area contributed by atoms with Crippen LogP contribution in [0.1, 0.15) is 97.8 Å². The summed E-state index contributed by atoms with van der Waals surface area (Å²) in [6.45, 7) is 5.06. The molecular formula is C21H40O5. The van der Waals surface area contributed by atoms with Crippen molar-refractivity contribution in [2.45, 2.75) is 110 Å². The van der Waals surface area contributed by atoms with E-state index in [1.165, 1.54) is 44.9 Å². The molecule has 0 saturated heterocycles. The molecule has 0 aromatic heterocycles. The van der Waals surface area contributed by atoms with Gasteiger partial charge in [-0.1, -0.05) is 78.6 Å². The molecule has 1 atom stereocenters. The predicted molar refractivity (Wildman–Crippen MR) is 104 cm³/mol. The average Bonchev–Trinajstić information content (AvgIpc) is 2.67. The molecule has 0 aromatic carbocycles. The molecule has 0 fully saturated rings. The third-order valence-electron chi connectivity index (χ3n) is 4.94. The number of carbonyl (C=O) groups is 2. The standard InChI is InChI=1S/C21H40O5/c1-4-7-8-9-10-11-12-13-14-15-16-26-21(18(23)5-2,19(24)6-3)20(25)17-22/h20,22,25H,4-17H2,1-3H3. The minimum absolute atomic E-state index is 0.0842. The Kier molecular flexibility index (Phi) is 14.8. The van der Waals surface area contributed by atoms with Crippen LogP contribution >= 0.6 is 0 Å². The van der Waals surface area contributed by atoms with Crippen molar-refractivity contribution in [3.05, 3.63) is 0 Å². The Morgan fingerprint density at radius 3 is 1.62 bits per heavy atom. The first-order valence-corrected chi connectivity index (χ1v) is 10.5. The van der Waals surface area contributed by atoms with Gasteiger partial charge in [0.1, 0.15) is 6.10 Å². The largest absolute Gasteiger partial charge is 0.394 e. The van der Waals surface area contributed by atoms with Crippen LogP contribution in [0.15, 0.2) is 0 Å². The van der Waals surface area contributed by atoms with Crippen LogP contribution in [-0.4, -0.2) is 46.7 Å². The van der Waals surface area contributed by atoms with Gasteiger partial charge in [-0.15, -0.1) is 0 Å². The van der Waals surface area contributed by atoms with Crippen LogP contribution in [0.5, 0.6) is 0 Å². The van der Waals surface area contributed by atoms with E-state index in [9.17, 15) is 19.8 Å². The van der Waals surface area contributed by atoms with Gasteiger partial charge in [0, 0.05) is 19.4 Å². The first kappa shape index (κ1) is 25.2. The zero-order valence-electron chi connectivity index (χ0n) is 17.1. The quantitative estimate of drug-likeness (QED) is 0.281. The van der Waals surface area contributed by atoms with Gasteiger partial charge in [0.05, 0.1) is 6.61 Å². The monoisotopic (exact) mass is 372 g/mol. The van der Waals surface area contributed by atoms with Crippen molar-refractivity contribution < 1.29 is 24.5 Å². The summed E-state index contributed by atoms with van der Waals surface area (Å²) in [6, 6.07) is 0. The van der Waals surface area contributed by atoms with E-state index in [4.69, 9.17) is 4.74 Å². The Morgan fingerprint density at radius 2 is 1.23 bits per heavy atom. The van der Waals surface area contributed by atoms with Crippen molar-refractivity contribution in [2.75, 3.05) is 13.2 Å². The summed E-state index contributed by atoms with van der Waals surface area (Å²) in [6.07, 6.45) is 10.5. The fraction of sp³-hybridized carbons (Fsp3) is 0.905. The first-order valence-electron chi connectivity index (χ1n) is 10.5. The van der Waals surface area contributed by atoms with Crippen LogP contribution in [0.4, 0.5) is 0 Å². The van der Waals surface area contributed by atoms with E-state index in [1.807, 2.05) is 0 Å². The Hall–Kier alpha value is -0.780. The Morgan fingerprint density at radius 1 is 0.808 bits per heavy atom. The Labute approximate surface area is 159 Å². The van der Waals surface area contributed by atoms with Gasteiger partial charge < -0.3 is 14.9 Å². The summed E-state index contributed by atoms with van der Waals surface area (Å²) in [4.78, 5) is 24.7. The number of rotatable bonds is 18. The second-order valence-electron chi connectivity index (χ2n) is 7.02. The second kappa shape index (κ2) is 15.3. The normalized spacial score (nSPS) is 13.0. The van der Waals surface area contributed by atoms with Gasteiger partial charge in [-0.3, -0.25) is 9.59 Å². The molecule has 0 heterocycles. The number of unbranched alkanes of at least 4 members (excludes halogenated alkanes) is 9. The van der Waals surface area contributed by atoms with Gasteiger partial charge in [0.15, 0.2) is 11.6 Å². The van der Waals surface area contributed by atoms with Crippen molar-refractivity contribution >= 4 is 11.6 Å².